The summed E-state index contributed by atoms with van der Waals surface area (Å²) in [4.78, 5) is 11.1. The van der Waals surface area contributed by atoms with E-state index in [1.54, 1.807) is 0 Å². The molecule has 0 saturated heterocycles. The van der Waals surface area contributed by atoms with E-state index in [-0.39, 0.29) is 33.9 Å². The molecule has 2 aromatic carbocycles. The number of benzene rings is 2. The number of fused-ring (bicyclic) bond motifs is 1. The molecule has 1 amide bonds. The number of ether oxygens (including phenoxy) is 1. The van der Waals surface area contributed by atoms with E-state index in [1.165, 1.54) is 30.3 Å². The van der Waals surface area contributed by atoms with Gasteiger partial charge in [-0.25, -0.2) is 12.8 Å². The van der Waals surface area contributed by atoms with Gasteiger partial charge in [0.2, 0.25) is 0 Å². The average Bonchev–Trinajstić information content (AvgIpc) is 2.50. The van der Waals surface area contributed by atoms with Crippen molar-refractivity contribution in [3.63, 3.8) is 0 Å². The second kappa shape index (κ2) is 5.71. The minimum Gasteiger partial charge on any atom is -0.482 e. The van der Waals surface area contributed by atoms with Crippen LogP contribution in [0.15, 0.2) is 41.3 Å². The Morgan fingerprint density at radius 2 is 2.00 bits per heavy atom. The SMILES string of the molecule is O=C1COc2cc(S(=O)(=O)Nc3ccc(F)c(Cl)c3)ccc2N1. The first kappa shape index (κ1) is 15.6. The van der Waals surface area contributed by atoms with Gasteiger partial charge in [-0.15, -0.1) is 0 Å². The van der Waals surface area contributed by atoms with E-state index < -0.39 is 15.8 Å². The Morgan fingerprint density at radius 1 is 1.22 bits per heavy atom. The predicted molar refractivity (Wildman–Crippen MR) is 82.8 cm³/mol. The van der Waals surface area contributed by atoms with Crippen LogP contribution >= 0.6 is 11.6 Å². The normalized spacial score (nSPS) is 13.7. The zero-order valence-corrected chi connectivity index (χ0v) is 13.0. The van der Waals surface area contributed by atoms with Crippen molar-refractivity contribution in [3.05, 3.63) is 47.2 Å². The second-order valence-corrected chi connectivity index (χ2v) is 6.82. The summed E-state index contributed by atoms with van der Waals surface area (Å²) in [7, 11) is -3.91. The van der Waals surface area contributed by atoms with Crippen molar-refractivity contribution in [3.8, 4) is 5.75 Å². The van der Waals surface area contributed by atoms with Crippen molar-refractivity contribution in [2.75, 3.05) is 16.6 Å². The number of nitrogens with one attached hydrogen (secondary N) is 2. The maximum absolute atomic E-state index is 13.1. The third-order valence-corrected chi connectivity index (χ3v) is 4.74. The Balaban J connectivity index is 1.90. The number of halogens is 2. The van der Waals surface area contributed by atoms with Gasteiger partial charge in [0.05, 0.1) is 21.3 Å². The highest BCUT2D eigenvalue weighted by molar-refractivity contribution is 7.92. The highest BCUT2D eigenvalue weighted by Crippen LogP contribution is 2.31. The lowest BCUT2D eigenvalue weighted by Gasteiger charge is -2.18. The van der Waals surface area contributed by atoms with Crippen molar-refractivity contribution < 1.29 is 22.3 Å². The molecule has 1 aliphatic heterocycles. The summed E-state index contributed by atoms with van der Waals surface area (Å²) in [5, 5.41) is 2.37. The van der Waals surface area contributed by atoms with Crippen LogP contribution in [0.25, 0.3) is 0 Å². The molecule has 0 aromatic heterocycles. The van der Waals surface area contributed by atoms with Crippen LogP contribution in [0, 0.1) is 5.82 Å². The third kappa shape index (κ3) is 3.22. The van der Waals surface area contributed by atoms with Gasteiger partial charge in [-0.1, -0.05) is 11.6 Å². The number of carbonyl (C=O) groups is 1. The van der Waals surface area contributed by atoms with Crippen molar-refractivity contribution in [1.82, 2.24) is 0 Å². The van der Waals surface area contributed by atoms with Gasteiger partial charge in [-0.3, -0.25) is 9.52 Å². The van der Waals surface area contributed by atoms with E-state index in [0.717, 1.165) is 6.07 Å². The molecule has 0 unspecified atom stereocenters. The van der Waals surface area contributed by atoms with Gasteiger partial charge in [-0.2, -0.15) is 0 Å². The molecule has 0 bridgehead atoms. The van der Waals surface area contributed by atoms with Crippen LogP contribution in [0.3, 0.4) is 0 Å². The van der Waals surface area contributed by atoms with Crippen molar-refractivity contribution >= 4 is 38.9 Å². The molecule has 3 rings (SSSR count). The minimum absolute atomic E-state index is 0.0622. The molecular formula is C14H10ClFN2O4S. The smallest absolute Gasteiger partial charge is 0.262 e. The molecular weight excluding hydrogens is 347 g/mol. The number of amides is 1. The van der Waals surface area contributed by atoms with Crippen molar-refractivity contribution in [2.45, 2.75) is 4.90 Å². The van der Waals surface area contributed by atoms with Crippen LogP contribution in [0.4, 0.5) is 15.8 Å². The van der Waals surface area contributed by atoms with E-state index in [2.05, 4.69) is 10.0 Å². The third-order valence-electron chi connectivity index (χ3n) is 3.07. The fraction of sp³-hybridized carbons (Fsp3) is 0.0714. The lowest BCUT2D eigenvalue weighted by Crippen LogP contribution is -2.25. The Labute approximate surface area is 136 Å². The van der Waals surface area contributed by atoms with Crippen LogP contribution in [0.1, 0.15) is 0 Å². The van der Waals surface area contributed by atoms with Crippen LogP contribution < -0.4 is 14.8 Å². The van der Waals surface area contributed by atoms with Crippen LogP contribution in [-0.2, 0) is 14.8 Å². The summed E-state index contributed by atoms with van der Waals surface area (Å²) in [5.74, 6) is -0.704. The molecule has 2 N–H and O–H groups in total. The van der Waals surface area contributed by atoms with Crippen LogP contribution in [0.5, 0.6) is 5.75 Å². The fourth-order valence-corrected chi connectivity index (χ4v) is 3.24. The van der Waals surface area contributed by atoms with E-state index in [0.29, 0.717) is 5.69 Å². The number of sulfonamides is 1. The largest absolute Gasteiger partial charge is 0.482 e. The Hall–Kier alpha value is -2.32. The second-order valence-electron chi connectivity index (χ2n) is 4.73. The lowest BCUT2D eigenvalue weighted by molar-refractivity contribution is -0.118. The van der Waals surface area contributed by atoms with Gasteiger partial charge >= 0.3 is 0 Å². The molecule has 9 heteroatoms. The Bertz CT molecular complexity index is 902. The van der Waals surface area contributed by atoms with Gasteiger partial charge in [0.25, 0.3) is 15.9 Å². The molecule has 0 radical (unpaired) electrons. The molecule has 0 saturated carbocycles. The van der Waals surface area contributed by atoms with Gasteiger partial charge in [0, 0.05) is 6.07 Å². The number of carbonyl (C=O) groups excluding carboxylic acids is 1. The number of anilines is 2. The average molecular weight is 357 g/mol. The Kier molecular flexibility index (Phi) is 3.87. The van der Waals surface area contributed by atoms with Gasteiger partial charge in [-0.05, 0) is 30.3 Å². The van der Waals surface area contributed by atoms with E-state index in [9.17, 15) is 17.6 Å². The number of hydrogen-bond donors (Lipinski definition) is 2. The molecule has 120 valence electrons. The summed E-state index contributed by atoms with van der Waals surface area (Å²) in [6, 6.07) is 7.53. The van der Waals surface area contributed by atoms with E-state index in [1.807, 2.05) is 0 Å². The molecule has 0 atom stereocenters. The summed E-state index contributed by atoms with van der Waals surface area (Å²) < 4.78 is 45.3. The monoisotopic (exact) mass is 356 g/mol. The first-order valence-corrected chi connectivity index (χ1v) is 8.26. The summed E-state index contributed by atoms with van der Waals surface area (Å²) in [6.45, 7) is -0.183. The van der Waals surface area contributed by atoms with Gasteiger partial charge in [0.15, 0.2) is 6.61 Å². The van der Waals surface area contributed by atoms with Crippen molar-refractivity contribution in [2.24, 2.45) is 0 Å². The Morgan fingerprint density at radius 3 is 2.74 bits per heavy atom. The first-order valence-electron chi connectivity index (χ1n) is 6.40. The quantitative estimate of drug-likeness (QED) is 0.885. The van der Waals surface area contributed by atoms with Crippen molar-refractivity contribution in [1.29, 1.82) is 0 Å². The molecule has 23 heavy (non-hydrogen) atoms. The molecule has 0 aliphatic carbocycles. The van der Waals surface area contributed by atoms with E-state index >= 15 is 0 Å². The topological polar surface area (TPSA) is 84.5 Å². The van der Waals surface area contributed by atoms with Crippen LogP contribution in [-0.4, -0.2) is 20.9 Å². The lowest BCUT2D eigenvalue weighted by atomic mass is 10.2. The molecule has 1 aliphatic rings. The molecule has 2 aromatic rings. The van der Waals surface area contributed by atoms with E-state index in [4.69, 9.17) is 16.3 Å². The highest BCUT2D eigenvalue weighted by Gasteiger charge is 2.21. The predicted octanol–water partition coefficient (Wildman–Crippen LogP) is 2.61. The maximum atomic E-state index is 13.1. The minimum atomic E-state index is -3.91. The number of hydrogen-bond acceptors (Lipinski definition) is 4. The molecule has 1 heterocycles. The zero-order valence-electron chi connectivity index (χ0n) is 11.5. The summed E-state index contributed by atoms with van der Waals surface area (Å²) >= 11 is 5.63. The zero-order chi connectivity index (χ0) is 16.6. The highest BCUT2D eigenvalue weighted by atomic mass is 35.5. The van der Waals surface area contributed by atoms with Crippen LogP contribution in [0.2, 0.25) is 5.02 Å². The fourth-order valence-electron chi connectivity index (χ4n) is 2.00. The van der Waals surface area contributed by atoms with Gasteiger partial charge in [0.1, 0.15) is 11.6 Å². The number of rotatable bonds is 3. The molecule has 6 nitrogen and oxygen atoms in total. The molecule has 0 fully saturated rings. The first-order chi connectivity index (χ1) is 10.8. The van der Waals surface area contributed by atoms with Gasteiger partial charge < -0.3 is 10.1 Å². The summed E-state index contributed by atoms with van der Waals surface area (Å²) in [5.41, 5.74) is 0.522. The standard InChI is InChI=1S/C14H10ClFN2O4S/c15-10-5-8(1-3-11(10)16)18-23(20,21)9-2-4-12-13(6-9)22-7-14(19)17-12/h1-6,18H,7H2,(H,17,19). The maximum Gasteiger partial charge on any atom is 0.262 e. The molecule has 0 spiro atoms. The summed E-state index contributed by atoms with van der Waals surface area (Å²) in [6.07, 6.45) is 0.